The number of hydrogen-bond acceptors (Lipinski definition) is 5. The number of nitrogens with one attached hydrogen (secondary N) is 1. The number of aliphatic hydroxyl groups is 2. The molecule has 3 atom stereocenters. The molecule has 2 aliphatic heterocycles. The summed E-state index contributed by atoms with van der Waals surface area (Å²) >= 11 is 0. The topological polar surface area (TPSA) is 73.6 Å². The van der Waals surface area contributed by atoms with Gasteiger partial charge in [-0.15, -0.1) is 0 Å². The molecule has 0 amide bonds. The summed E-state index contributed by atoms with van der Waals surface area (Å²) in [7, 11) is 2.10. The summed E-state index contributed by atoms with van der Waals surface area (Å²) < 4.78 is 1.92. The molecule has 0 saturated carbocycles. The quantitative estimate of drug-likeness (QED) is 0.690. The molecule has 2 saturated heterocycles. The van der Waals surface area contributed by atoms with E-state index in [0.717, 1.165) is 25.2 Å². The summed E-state index contributed by atoms with van der Waals surface area (Å²) in [5.41, 5.74) is 0.579. The zero-order valence-electron chi connectivity index (χ0n) is 12.2. The van der Waals surface area contributed by atoms with E-state index < -0.39 is 5.54 Å². The Morgan fingerprint density at radius 2 is 2.15 bits per heavy atom. The molecule has 1 aromatic rings. The molecular formula is C14H24N4O2. The second-order valence-electron chi connectivity index (χ2n) is 6.22. The summed E-state index contributed by atoms with van der Waals surface area (Å²) in [6, 6.07) is 0.157. The number of hydrogen-bond donors (Lipinski definition) is 3. The molecule has 1 aromatic heterocycles. The molecule has 2 aliphatic rings. The maximum Gasteiger partial charge on any atom is 0.0697 e. The van der Waals surface area contributed by atoms with Gasteiger partial charge in [-0.3, -0.25) is 10.00 Å². The van der Waals surface area contributed by atoms with Crippen molar-refractivity contribution in [3.8, 4) is 0 Å². The molecule has 0 bridgehead atoms. The average Bonchev–Trinajstić information content (AvgIpc) is 3.12. The first kappa shape index (κ1) is 14.0. The molecule has 0 unspecified atom stereocenters. The number of aromatic nitrogens is 2. The third-order valence-corrected chi connectivity index (χ3v) is 5.03. The van der Waals surface area contributed by atoms with Crippen molar-refractivity contribution in [3.63, 3.8) is 0 Å². The Balaban J connectivity index is 1.92. The Hall–Kier alpha value is -0.950. The van der Waals surface area contributed by atoms with Crippen LogP contribution in [0, 0.1) is 11.8 Å². The van der Waals surface area contributed by atoms with E-state index >= 15 is 0 Å². The van der Waals surface area contributed by atoms with E-state index in [0.29, 0.717) is 5.92 Å². The van der Waals surface area contributed by atoms with Crippen LogP contribution in [-0.2, 0) is 6.54 Å². The van der Waals surface area contributed by atoms with Gasteiger partial charge in [0.25, 0.3) is 0 Å². The van der Waals surface area contributed by atoms with Crippen LogP contribution in [0.25, 0.3) is 0 Å². The van der Waals surface area contributed by atoms with Crippen LogP contribution in [-0.4, -0.2) is 63.8 Å². The SMILES string of the molecule is CCn1cc([C@@H]2NC(CO)(CO)[C@@H]3CN(C)C[C@@H]32)cn1. The standard InChI is InChI=1S/C14H24N4O2/c1-3-18-5-10(4-15-18)13-11-6-17(2)7-12(11)14(8-19,9-20)16-13/h4-5,11-13,16,19-20H,3,6-9H2,1-2H3/t11-,12+,13-/m0/s1. The molecule has 112 valence electrons. The second-order valence-corrected chi connectivity index (χ2v) is 6.22. The molecule has 0 aliphatic carbocycles. The van der Waals surface area contributed by atoms with Gasteiger partial charge in [0.05, 0.1) is 24.9 Å². The van der Waals surface area contributed by atoms with E-state index in [2.05, 4.69) is 35.5 Å². The van der Waals surface area contributed by atoms with Gasteiger partial charge < -0.3 is 15.1 Å². The van der Waals surface area contributed by atoms with Crippen LogP contribution >= 0.6 is 0 Å². The van der Waals surface area contributed by atoms with Crippen molar-refractivity contribution in [1.29, 1.82) is 0 Å². The van der Waals surface area contributed by atoms with E-state index in [4.69, 9.17) is 0 Å². The van der Waals surface area contributed by atoms with Crippen LogP contribution in [0.4, 0.5) is 0 Å². The van der Waals surface area contributed by atoms with Crippen molar-refractivity contribution >= 4 is 0 Å². The van der Waals surface area contributed by atoms with Gasteiger partial charge in [0.2, 0.25) is 0 Å². The van der Waals surface area contributed by atoms with Crippen LogP contribution in [0.3, 0.4) is 0 Å². The van der Waals surface area contributed by atoms with E-state index in [9.17, 15) is 10.2 Å². The number of aliphatic hydroxyl groups excluding tert-OH is 2. The lowest BCUT2D eigenvalue weighted by molar-refractivity contribution is 0.0677. The molecule has 2 fully saturated rings. The molecule has 20 heavy (non-hydrogen) atoms. The van der Waals surface area contributed by atoms with Crippen LogP contribution in [0.15, 0.2) is 12.4 Å². The monoisotopic (exact) mass is 280 g/mol. The van der Waals surface area contributed by atoms with Gasteiger partial charge in [0.1, 0.15) is 0 Å². The third-order valence-electron chi connectivity index (χ3n) is 5.03. The highest BCUT2D eigenvalue weighted by atomic mass is 16.3. The molecule has 6 nitrogen and oxygen atoms in total. The summed E-state index contributed by atoms with van der Waals surface area (Å²) in [5.74, 6) is 0.686. The number of fused-ring (bicyclic) bond motifs is 1. The number of likely N-dealkylation sites (tertiary alicyclic amines) is 1. The van der Waals surface area contributed by atoms with Gasteiger partial charge in [-0.2, -0.15) is 5.10 Å². The minimum atomic E-state index is -0.575. The van der Waals surface area contributed by atoms with Crippen molar-refractivity contribution < 1.29 is 10.2 Å². The van der Waals surface area contributed by atoms with Gasteiger partial charge in [0.15, 0.2) is 0 Å². The molecule has 0 aromatic carbocycles. The normalized spacial score (nSPS) is 32.7. The molecule has 0 spiro atoms. The average molecular weight is 280 g/mol. The highest BCUT2D eigenvalue weighted by molar-refractivity contribution is 5.22. The first-order valence-electron chi connectivity index (χ1n) is 7.34. The Morgan fingerprint density at radius 3 is 2.75 bits per heavy atom. The first-order chi connectivity index (χ1) is 9.63. The van der Waals surface area contributed by atoms with Crippen LogP contribution < -0.4 is 5.32 Å². The summed E-state index contributed by atoms with van der Waals surface area (Å²) in [6.45, 7) is 4.76. The summed E-state index contributed by atoms with van der Waals surface area (Å²) in [4.78, 5) is 2.29. The highest BCUT2D eigenvalue weighted by Gasteiger charge is 2.56. The van der Waals surface area contributed by atoms with Crippen LogP contribution in [0.2, 0.25) is 0 Å². The molecule has 3 N–H and O–H groups in total. The maximum absolute atomic E-state index is 9.80. The lowest BCUT2D eigenvalue weighted by atomic mass is 9.81. The molecule has 6 heteroatoms. The smallest absolute Gasteiger partial charge is 0.0697 e. The number of nitrogens with zero attached hydrogens (tertiary/aromatic N) is 3. The number of rotatable bonds is 4. The predicted molar refractivity (Wildman–Crippen MR) is 75.2 cm³/mol. The highest BCUT2D eigenvalue weighted by Crippen LogP contribution is 2.46. The van der Waals surface area contributed by atoms with Crippen molar-refractivity contribution in [1.82, 2.24) is 20.0 Å². The fourth-order valence-corrected chi connectivity index (χ4v) is 3.90. The van der Waals surface area contributed by atoms with Crippen molar-refractivity contribution in [3.05, 3.63) is 18.0 Å². The fraction of sp³-hybridized carbons (Fsp3) is 0.786. The lowest BCUT2D eigenvalue weighted by Gasteiger charge is -2.32. The van der Waals surface area contributed by atoms with E-state index in [1.807, 2.05) is 10.9 Å². The maximum atomic E-state index is 9.80. The van der Waals surface area contributed by atoms with E-state index in [1.165, 1.54) is 0 Å². The third kappa shape index (κ3) is 1.98. The van der Waals surface area contributed by atoms with Crippen LogP contribution in [0.5, 0.6) is 0 Å². The van der Waals surface area contributed by atoms with Crippen molar-refractivity contribution in [2.24, 2.45) is 11.8 Å². The Kier molecular flexibility index (Phi) is 3.58. The van der Waals surface area contributed by atoms with Crippen LogP contribution in [0.1, 0.15) is 18.5 Å². The van der Waals surface area contributed by atoms with Gasteiger partial charge in [-0.05, 0) is 19.9 Å². The van der Waals surface area contributed by atoms with Gasteiger partial charge in [0, 0.05) is 43.4 Å². The zero-order chi connectivity index (χ0) is 14.3. The second kappa shape index (κ2) is 5.11. The van der Waals surface area contributed by atoms with E-state index in [-0.39, 0.29) is 25.2 Å². The van der Waals surface area contributed by atoms with Gasteiger partial charge in [-0.25, -0.2) is 0 Å². The van der Waals surface area contributed by atoms with Crippen molar-refractivity contribution in [2.75, 3.05) is 33.4 Å². The number of aryl methyl sites for hydroxylation is 1. The largest absolute Gasteiger partial charge is 0.394 e. The van der Waals surface area contributed by atoms with Gasteiger partial charge >= 0.3 is 0 Å². The fourth-order valence-electron chi connectivity index (χ4n) is 3.90. The zero-order valence-corrected chi connectivity index (χ0v) is 12.2. The molecule has 3 rings (SSSR count). The Labute approximate surface area is 119 Å². The minimum Gasteiger partial charge on any atom is -0.394 e. The summed E-state index contributed by atoms with van der Waals surface area (Å²) in [6.07, 6.45) is 3.97. The lowest BCUT2D eigenvalue weighted by Crippen LogP contribution is -2.53. The Morgan fingerprint density at radius 1 is 1.40 bits per heavy atom. The van der Waals surface area contributed by atoms with E-state index in [1.54, 1.807) is 0 Å². The predicted octanol–water partition coefficient (Wildman–Crippen LogP) is -0.551. The minimum absolute atomic E-state index is 0.0308. The molecule has 0 radical (unpaired) electrons. The summed E-state index contributed by atoms with van der Waals surface area (Å²) in [5, 5.41) is 27.5. The molecule has 3 heterocycles. The van der Waals surface area contributed by atoms with Gasteiger partial charge in [-0.1, -0.05) is 0 Å². The molecular weight excluding hydrogens is 256 g/mol. The first-order valence-corrected chi connectivity index (χ1v) is 7.34. The Bertz CT molecular complexity index is 471. The van der Waals surface area contributed by atoms with Crippen molar-refractivity contribution in [2.45, 2.75) is 25.0 Å².